The van der Waals surface area contributed by atoms with Crippen molar-refractivity contribution in [3.05, 3.63) is 36.0 Å². The molecule has 1 aliphatic rings. The number of benzene rings is 1. The topological polar surface area (TPSA) is 89.2 Å². The molecule has 7 heteroatoms. The summed E-state index contributed by atoms with van der Waals surface area (Å²) in [4.78, 5) is 10.7. The molecule has 1 saturated heterocycles. The third-order valence-corrected chi connectivity index (χ3v) is 6.19. The fourth-order valence-electron chi connectivity index (χ4n) is 2.85. The third-order valence-electron chi connectivity index (χ3n) is 4.43. The minimum atomic E-state index is -3.72. The molecule has 0 unspecified atom stereocenters. The summed E-state index contributed by atoms with van der Waals surface area (Å²) in [6.45, 7) is 5.80. The number of nitrogens with zero attached hydrogens (tertiary/aromatic N) is 3. The van der Waals surface area contributed by atoms with Crippen LogP contribution in [-0.2, 0) is 9.84 Å². The fraction of sp³-hybridized carbons (Fsp3) is 0.412. The molecule has 1 aliphatic heterocycles. The van der Waals surface area contributed by atoms with Crippen molar-refractivity contribution in [1.82, 2.24) is 9.97 Å². The number of rotatable bonds is 3. The summed E-state index contributed by atoms with van der Waals surface area (Å²) in [6.07, 6.45) is 3.48. The molecule has 128 valence electrons. The standard InChI is InChI=1S/C17H22N4O2S/c1-12-6-8-21(9-7-12)17-19-11-15(16(18)20-17)24(22,23)14-5-3-4-13(2)10-14/h3-5,10-12H,6-9H2,1-2H3,(H2,18,19,20). The maximum atomic E-state index is 12.8. The minimum Gasteiger partial charge on any atom is -0.382 e. The van der Waals surface area contributed by atoms with E-state index in [1.165, 1.54) is 6.20 Å². The number of piperidine rings is 1. The van der Waals surface area contributed by atoms with E-state index in [1.54, 1.807) is 18.2 Å². The molecule has 3 rings (SSSR count). The number of aryl methyl sites for hydroxylation is 1. The quantitative estimate of drug-likeness (QED) is 0.918. The molecule has 1 aromatic heterocycles. The Morgan fingerprint density at radius 3 is 2.58 bits per heavy atom. The Bertz CT molecular complexity index is 843. The molecule has 24 heavy (non-hydrogen) atoms. The Balaban J connectivity index is 1.92. The maximum Gasteiger partial charge on any atom is 0.227 e. The molecule has 2 heterocycles. The minimum absolute atomic E-state index is 0.000119. The Morgan fingerprint density at radius 1 is 1.25 bits per heavy atom. The van der Waals surface area contributed by atoms with Crippen LogP contribution in [0.2, 0.25) is 0 Å². The number of aromatic nitrogens is 2. The summed E-state index contributed by atoms with van der Waals surface area (Å²) in [5, 5.41) is 0. The average Bonchev–Trinajstić information content (AvgIpc) is 2.55. The molecule has 0 atom stereocenters. The van der Waals surface area contributed by atoms with E-state index in [-0.39, 0.29) is 15.6 Å². The van der Waals surface area contributed by atoms with Gasteiger partial charge in [0, 0.05) is 13.1 Å². The van der Waals surface area contributed by atoms with Crippen molar-refractivity contribution in [3.63, 3.8) is 0 Å². The maximum absolute atomic E-state index is 12.8. The second-order valence-corrected chi connectivity index (χ2v) is 8.33. The van der Waals surface area contributed by atoms with Gasteiger partial charge < -0.3 is 10.6 Å². The molecule has 6 nitrogen and oxygen atoms in total. The lowest BCUT2D eigenvalue weighted by Gasteiger charge is -2.30. The van der Waals surface area contributed by atoms with E-state index in [9.17, 15) is 8.42 Å². The molecule has 0 aliphatic carbocycles. The lowest BCUT2D eigenvalue weighted by molar-refractivity contribution is 0.434. The third kappa shape index (κ3) is 3.21. The first-order valence-electron chi connectivity index (χ1n) is 8.07. The van der Waals surface area contributed by atoms with Crippen molar-refractivity contribution >= 4 is 21.6 Å². The number of hydrogen-bond acceptors (Lipinski definition) is 6. The summed E-state index contributed by atoms with van der Waals surface area (Å²) < 4.78 is 25.5. The number of nitrogen functional groups attached to an aromatic ring is 1. The van der Waals surface area contributed by atoms with Crippen molar-refractivity contribution in [2.45, 2.75) is 36.5 Å². The van der Waals surface area contributed by atoms with E-state index in [0.717, 1.165) is 31.5 Å². The summed E-state index contributed by atoms with van der Waals surface area (Å²) in [5.74, 6) is 1.20. The fourth-order valence-corrected chi connectivity index (χ4v) is 4.22. The molecule has 1 aromatic carbocycles. The summed E-state index contributed by atoms with van der Waals surface area (Å²) in [7, 11) is -3.72. The summed E-state index contributed by atoms with van der Waals surface area (Å²) >= 11 is 0. The van der Waals surface area contributed by atoms with Gasteiger partial charge in [-0.1, -0.05) is 19.1 Å². The monoisotopic (exact) mass is 346 g/mol. The van der Waals surface area contributed by atoms with Gasteiger partial charge in [-0.25, -0.2) is 13.4 Å². The lowest BCUT2D eigenvalue weighted by atomic mass is 10.00. The molecule has 0 spiro atoms. The average molecular weight is 346 g/mol. The second kappa shape index (κ2) is 6.39. The van der Waals surface area contributed by atoms with Crippen molar-refractivity contribution in [2.75, 3.05) is 23.7 Å². The van der Waals surface area contributed by atoms with E-state index in [0.29, 0.717) is 11.9 Å². The zero-order valence-corrected chi connectivity index (χ0v) is 14.8. The van der Waals surface area contributed by atoms with E-state index < -0.39 is 9.84 Å². The van der Waals surface area contributed by atoms with Gasteiger partial charge in [0.15, 0.2) is 0 Å². The van der Waals surface area contributed by atoms with Gasteiger partial charge in [-0.15, -0.1) is 0 Å². The van der Waals surface area contributed by atoms with Crippen LogP contribution in [0.15, 0.2) is 40.3 Å². The van der Waals surface area contributed by atoms with Gasteiger partial charge in [-0.05, 0) is 43.4 Å². The van der Waals surface area contributed by atoms with E-state index in [4.69, 9.17) is 5.73 Å². The van der Waals surface area contributed by atoms with Gasteiger partial charge in [0.05, 0.1) is 11.1 Å². The normalized spacial score (nSPS) is 16.3. The Labute approximate surface area is 142 Å². The first kappa shape index (κ1) is 16.7. The van der Waals surface area contributed by atoms with Gasteiger partial charge in [-0.3, -0.25) is 0 Å². The van der Waals surface area contributed by atoms with Gasteiger partial charge in [-0.2, -0.15) is 4.98 Å². The number of nitrogens with two attached hydrogens (primary N) is 1. The summed E-state index contributed by atoms with van der Waals surface area (Å²) in [5.41, 5.74) is 6.83. The highest BCUT2D eigenvalue weighted by Gasteiger charge is 2.24. The van der Waals surface area contributed by atoms with Crippen molar-refractivity contribution < 1.29 is 8.42 Å². The predicted octanol–water partition coefficient (Wildman–Crippen LogP) is 2.44. The molecule has 0 radical (unpaired) electrons. The van der Waals surface area contributed by atoms with Crippen LogP contribution in [0, 0.1) is 12.8 Å². The molecule has 2 N–H and O–H groups in total. The molecule has 0 saturated carbocycles. The van der Waals surface area contributed by atoms with Crippen LogP contribution < -0.4 is 10.6 Å². The largest absolute Gasteiger partial charge is 0.382 e. The second-order valence-electron chi connectivity index (χ2n) is 6.41. The zero-order valence-electron chi connectivity index (χ0n) is 13.9. The molecular weight excluding hydrogens is 324 g/mol. The van der Waals surface area contributed by atoms with Gasteiger partial charge >= 0.3 is 0 Å². The number of anilines is 2. The zero-order chi connectivity index (χ0) is 17.3. The Kier molecular flexibility index (Phi) is 4.45. The Hall–Kier alpha value is -2.15. The number of sulfone groups is 1. The van der Waals surface area contributed by atoms with Crippen LogP contribution >= 0.6 is 0 Å². The van der Waals surface area contributed by atoms with Crippen LogP contribution in [-0.4, -0.2) is 31.5 Å². The highest BCUT2D eigenvalue weighted by atomic mass is 32.2. The first-order valence-corrected chi connectivity index (χ1v) is 9.55. The van der Waals surface area contributed by atoms with Gasteiger partial charge in [0.2, 0.25) is 15.8 Å². The van der Waals surface area contributed by atoms with Crippen molar-refractivity contribution in [1.29, 1.82) is 0 Å². The lowest BCUT2D eigenvalue weighted by Crippen LogP contribution is -2.34. The van der Waals surface area contributed by atoms with E-state index >= 15 is 0 Å². The van der Waals surface area contributed by atoms with Crippen molar-refractivity contribution in [2.24, 2.45) is 5.92 Å². The first-order chi connectivity index (χ1) is 11.4. The molecule has 2 aromatic rings. The Morgan fingerprint density at radius 2 is 1.96 bits per heavy atom. The van der Waals surface area contributed by atoms with Crippen LogP contribution in [0.25, 0.3) is 0 Å². The van der Waals surface area contributed by atoms with Crippen molar-refractivity contribution in [3.8, 4) is 0 Å². The smallest absolute Gasteiger partial charge is 0.227 e. The molecular formula is C17H22N4O2S. The number of hydrogen-bond donors (Lipinski definition) is 1. The van der Waals surface area contributed by atoms with Crippen LogP contribution in [0.5, 0.6) is 0 Å². The highest BCUT2D eigenvalue weighted by Crippen LogP contribution is 2.27. The van der Waals surface area contributed by atoms with E-state index in [1.807, 2.05) is 13.0 Å². The predicted molar refractivity (Wildman–Crippen MR) is 93.7 cm³/mol. The van der Waals surface area contributed by atoms with Gasteiger partial charge in [0.1, 0.15) is 10.7 Å². The molecule has 0 amide bonds. The van der Waals surface area contributed by atoms with Crippen LogP contribution in [0.3, 0.4) is 0 Å². The van der Waals surface area contributed by atoms with Crippen LogP contribution in [0.1, 0.15) is 25.3 Å². The highest BCUT2D eigenvalue weighted by molar-refractivity contribution is 7.91. The SMILES string of the molecule is Cc1cccc(S(=O)(=O)c2cnc(N3CCC(C)CC3)nc2N)c1. The van der Waals surface area contributed by atoms with E-state index in [2.05, 4.69) is 21.8 Å². The molecule has 1 fully saturated rings. The van der Waals surface area contributed by atoms with Gasteiger partial charge in [0.25, 0.3) is 0 Å². The van der Waals surface area contributed by atoms with Crippen LogP contribution in [0.4, 0.5) is 11.8 Å². The molecule has 0 bridgehead atoms. The summed E-state index contributed by atoms with van der Waals surface area (Å²) in [6, 6.07) is 6.73.